The molecule has 0 spiro atoms. The topological polar surface area (TPSA) is 216 Å². The number of fused-ring (bicyclic) bond motifs is 1. The van der Waals surface area contributed by atoms with Crippen molar-refractivity contribution in [3.05, 3.63) is 52.1 Å². The maximum absolute atomic E-state index is 12.3. The number of carboxylic acids is 1. The zero-order valence-corrected chi connectivity index (χ0v) is 15.0. The highest BCUT2D eigenvalue weighted by Crippen LogP contribution is 2.16. The van der Waals surface area contributed by atoms with Crippen LogP contribution in [0.5, 0.6) is 0 Å². The smallest absolute Gasteiger partial charge is 0.333 e. The molecule has 3 rings (SSSR count). The Morgan fingerprint density at radius 2 is 1.90 bits per heavy atom. The lowest BCUT2D eigenvalue weighted by Gasteiger charge is -2.21. The van der Waals surface area contributed by atoms with Gasteiger partial charge in [-0.2, -0.15) is 4.98 Å². The molecule has 1 atom stereocenters. The van der Waals surface area contributed by atoms with Crippen LogP contribution in [0.1, 0.15) is 16.1 Å². The summed E-state index contributed by atoms with van der Waals surface area (Å²) < 4.78 is 0. The van der Waals surface area contributed by atoms with Gasteiger partial charge in [-0.3, -0.25) is 14.6 Å². The van der Waals surface area contributed by atoms with Gasteiger partial charge in [0, 0.05) is 17.8 Å². The number of benzene rings is 1. The number of aromatic nitrogens is 4. The third kappa shape index (κ3) is 3.88. The summed E-state index contributed by atoms with van der Waals surface area (Å²) in [6, 6.07) is 6.04. The number of aromatic amines is 1. The van der Waals surface area contributed by atoms with E-state index >= 15 is 0 Å². The lowest BCUT2D eigenvalue weighted by Crippen LogP contribution is -2.60. The minimum Gasteiger partial charge on any atom is -0.479 e. The standard InChI is InChI=1S/C17H18N8O4/c18-7-17(20,15(28)29)12(26)8-1-3-9(4-2-8)21-5-10-6-22-13-11(23-10)14(27)25-16(19)24-13/h1-4,6,21H,5,7,18,20H2,(H,28,29)(H3,19,22,24,25,27). The monoisotopic (exact) mass is 398 g/mol. The lowest BCUT2D eigenvalue weighted by atomic mass is 9.90. The zero-order valence-electron chi connectivity index (χ0n) is 15.0. The number of carboxylic acid groups (broad SMARTS) is 1. The van der Waals surface area contributed by atoms with E-state index in [1.807, 2.05) is 0 Å². The van der Waals surface area contributed by atoms with Gasteiger partial charge in [0.2, 0.25) is 5.95 Å². The Bertz CT molecular complexity index is 1140. The van der Waals surface area contributed by atoms with Crippen LogP contribution in [-0.2, 0) is 11.3 Å². The maximum atomic E-state index is 12.3. The first-order valence-corrected chi connectivity index (χ1v) is 8.37. The van der Waals surface area contributed by atoms with Gasteiger partial charge in [0.05, 0.1) is 18.4 Å². The fraction of sp³-hybridized carbons (Fsp3) is 0.176. The molecule has 12 heteroatoms. The highest BCUT2D eigenvalue weighted by molar-refractivity contribution is 6.16. The number of rotatable bonds is 7. The van der Waals surface area contributed by atoms with E-state index in [9.17, 15) is 14.4 Å². The van der Waals surface area contributed by atoms with E-state index in [1.54, 1.807) is 12.1 Å². The molecule has 1 unspecified atom stereocenters. The van der Waals surface area contributed by atoms with Gasteiger partial charge >= 0.3 is 5.97 Å². The zero-order chi connectivity index (χ0) is 21.2. The van der Waals surface area contributed by atoms with Gasteiger partial charge in [-0.1, -0.05) is 0 Å². The van der Waals surface area contributed by atoms with Gasteiger partial charge in [0.25, 0.3) is 5.56 Å². The van der Waals surface area contributed by atoms with Crippen molar-refractivity contribution in [3.8, 4) is 0 Å². The molecule has 1 aromatic carbocycles. The second kappa shape index (κ2) is 7.61. The predicted molar refractivity (Wildman–Crippen MR) is 104 cm³/mol. The van der Waals surface area contributed by atoms with Crippen molar-refractivity contribution in [1.82, 2.24) is 19.9 Å². The molecule has 0 saturated carbocycles. The minimum absolute atomic E-state index is 0.0451. The largest absolute Gasteiger partial charge is 0.479 e. The highest BCUT2D eigenvalue weighted by atomic mass is 16.4. The second-order valence-electron chi connectivity index (χ2n) is 6.23. The molecule has 0 amide bonds. The van der Waals surface area contributed by atoms with Gasteiger partial charge in [-0.05, 0) is 24.3 Å². The minimum atomic E-state index is -2.18. The number of Topliss-reactive ketones (excluding diaryl/α,β-unsaturated/α-hetero) is 1. The van der Waals surface area contributed by atoms with Crippen molar-refractivity contribution in [2.45, 2.75) is 12.1 Å². The molecule has 12 nitrogen and oxygen atoms in total. The Morgan fingerprint density at radius 1 is 1.21 bits per heavy atom. The summed E-state index contributed by atoms with van der Waals surface area (Å²) in [5, 5.41) is 12.2. The summed E-state index contributed by atoms with van der Waals surface area (Å²) in [4.78, 5) is 50.0. The number of hydrogen-bond donors (Lipinski definition) is 6. The Labute approximate surface area is 163 Å². The number of nitrogen functional groups attached to an aromatic ring is 1. The third-order valence-electron chi connectivity index (χ3n) is 4.22. The van der Waals surface area contributed by atoms with Crippen LogP contribution in [0.25, 0.3) is 11.2 Å². The van der Waals surface area contributed by atoms with E-state index in [0.717, 1.165) is 0 Å². The third-order valence-corrected chi connectivity index (χ3v) is 4.22. The van der Waals surface area contributed by atoms with Crippen molar-refractivity contribution < 1.29 is 14.7 Å². The molecular weight excluding hydrogens is 380 g/mol. The molecule has 0 fully saturated rings. The summed E-state index contributed by atoms with van der Waals surface area (Å²) in [6.45, 7) is -0.291. The van der Waals surface area contributed by atoms with E-state index in [4.69, 9.17) is 22.3 Å². The van der Waals surface area contributed by atoms with Crippen molar-refractivity contribution in [1.29, 1.82) is 0 Å². The van der Waals surface area contributed by atoms with Crippen LogP contribution >= 0.6 is 0 Å². The first kappa shape index (κ1) is 19.9. The molecule has 9 N–H and O–H groups in total. The quantitative estimate of drug-likeness (QED) is 0.206. The summed E-state index contributed by atoms with van der Waals surface area (Å²) in [5.41, 5.74) is 15.2. The number of carbonyl (C=O) groups excluding carboxylic acids is 1. The molecule has 150 valence electrons. The number of nitrogens with one attached hydrogen (secondary N) is 2. The molecule has 0 saturated heterocycles. The van der Waals surface area contributed by atoms with Crippen molar-refractivity contribution in [3.63, 3.8) is 0 Å². The van der Waals surface area contributed by atoms with E-state index in [0.29, 0.717) is 11.4 Å². The highest BCUT2D eigenvalue weighted by Gasteiger charge is 2.41. The molecule has 2 aromatic heterocycles. The number of hydrogen-bond acceptors (Lipinski definition) is 10. The van der Waals surface area contributed by atoms with Crippen LogP contribution < -0.4 is 28.1 Å². The van der Waals surface area contributed by atoms with Crippen molar-refractivity contribution in [2.75, 3.05) is 17.6 Å². The second-order valence-corrected chi connectivity index (χ2v) is 6.23. The van der Waals surface area contributed by atoms with Gasteiger partial charge in [0.15, 0.2) is 22.5 Å². The average Bonchev–Trinajstić information content (AvgIpc) is 2.71. The molecule has 0 radical (unpaired) electrons. The van der Waals surface area contributed by atoms with Gasteiger partial charge in [0.1, 0.15) is 0 Å². The Kier molecular flexibility index (Phi) is 5.21. The van der Waals surface area contributed by atoms with Gasteiger partial charge in [-0.15, -0.1) is 0 Å². The lowest BCUT2D eigenvalue weighted by molar-refractivity contribution is -0.141. The van der Waals surface area contributed by atoms with Crippen LogP contribution in [-0.4, -0.2) is 48.9 Å². The Balaban J connectivity index is 1.74. The predicted octanol–water partition coefficient (Wildman–Crippen LogP) is -1.17. The molecule has 0 bridgehead atoms. The number of nitrogens with two attached hydrogens (primary N) is 3. The summed E-state index contributed by atoms with van der Waals surface area (Å²) in [5.74, 6) is -2.32. The summed E-state index contributed by atoms with van der Waals surface area (Å²) >= 11 is 0. The Hall–Kier alpha value is -3.90. The van der Waals surface area contributed by atoms with Crippen LogP contribution in [0, 0.1) is 0 Å². The van der Waals surface area contributed by atoms with E-state index in [1.165, 1.54) is 18.3 Å². The molecule has 0 aliphatic carbocycles. The molecule has 0 aliphatic rings. The number of H-pyrrole nitrogens is 1. The number of aliphatic carboxylic acids is 1. The van der Waals surface area contributed by atoms with Crippen LogP contribution in [0.15, 0.2) is 35.3 Å². The van der Waals surface area contributed by atoms with Crippen LogP contribution in [0.3, 0.4) is 0 Å². The first-order chi connectivity index (χ1) is 13.7. The molecule has 29 heavy (non-hydrogen) atoms. The number of anilines is 2. The summed E-state index contributed by atoms with van der Waals surface area (Å²) in [6.07, 6.45) is 1.45. The van der Waals surface area contributed by atoms with Crippen LogP contribution in [0.2, 0.25) is 0 Å². The SMILES string of the molecule is NCC(N)(C(=O)O)C(=O)c1ccc(NCc2cnc3nc(N)[nH]c(=O)c3n2)cc1. The van der Waals surface area contributed by atoms with Crippen LogP contribution in [0.4, 0.5) is 11.6 Å². The number of ketones is 1. The normalized spacial score (nSPS) is 13.0. The van der Waals surface area contributed by atoms with Crippen molar-refractivity contribution in [2.24, 2.45) is 11.5 Å². The van der Waals surface area contributed by atoms with E-state index in [2.05, 4.69) is 25.3 Å². The number of nitrogens with zero attached hydrogens (tertiary/aromatic N) is 3. The van der Waals surface area contributed by atoms with Crippen molar-refractivity contribution >= 4 is 34.6 Å². The molecule has 0 aliphatic heterocycles. The average molecular weight is 398 g/mol. The fourth-order valence-electron chi connectivity index (χ4n) is 2.52. The maximum Gasteiger partial charge on any atom is 0.333 e. The Morgan fingerprint density at radius 3 is 2.52 bits per heavy atom. The molecule has 3 aromatic rings. The molecular formula is C17H18N8O4. The van der Waals surface area contributed by atoms with Gasteiger partial charge in [-0.25, -0.2) is 14.8 Å². The molecule has 2 heterocycles. The van der Waals surface area contributed by atoms with E-state index < -0.39 is 29.4 Å². The van der Waals surface area contributed by atoms with E-state index in [-0.39, 0.29) is 29.2 Å². The number of carbonyl (C=O) groups is 2. The first-order valence-electron chi connectivity index (χ1n) is 8.37. The summed E-state index contributed by atoms with van der Waals surface area (Å²) in [7, 11) is 0. The fourth-order valence-corrected chi connectivity index (χ4v) is 2.52. The van der Waals surface area contributed by atoms with Gasteiger partial charge < -0.3 is 27.6 Å².